The molecule has 0 spiro atoms. The van der Waals surface area contributed by atoms with Gasteiger partial charge in [-0.15, -0.1) is 0 Å². The standard InChI is InChI=1S/C13H16ClN3O3/c1-2-13(5-6-15-8-13)12(18)16-11-4-3-9(17(19)20)7-10(11)14/h3-4,7,15H,2,5-6,8H2,1H3,(H,16,18). The minimum atomic E-state index is -0.522. The molecule has 108 valence electrons. The number of carbonyl (C=O) groups is 1. The number of anilines is 1. The highest BCUT2D eigenvalue weighted by Crippen LogP contribution is 2.33. The van der Waals surface area contributed by atoms with Crippen LogP contribution in [-0.2, 0) is 4.79 Å². The first-order chi connectivity index (χ1) is 9.48. The Morgan fingerprint density at radius 1 is 1.60 bits per heavy atom. The van der Waals surface area contributed by atoms with Gasteiger partial charge in [0.15, 0.2) is 0 Å². The topological polar surface area (TPSA) is 84.3 Å². The van der Waals surface area contributed by atoms with E-state index < -0.39 is 10.3 Å². The van der Waals surface area contributed by atoms with Crippen LogP contribution in [0.15, 0.2) is 18.2 Å². The lowest BCUT2D eigenvalue weighted by Crippen LogP contribution is -2.37. The summed E-state index contributed by atoms with van der Waals surface area (Å²) in [6.45, 7) is 3.43. The van der Waals surface area contributed by atoms with Gasteiger partial charge in [0.1, 0.15) is 0 Å². The second-order valence-corrected chi connectivity index (χ2v) is 5.34. The number of benzene rings is 1. The molecule has 0 bridgehead atoms. The molecule has 1 heterocycles. The maximum absolute atomic E-state index is 12.4. The van der Waals surface area contributed by atoms with Crippen molar-refractivity contribution in [2.75, 3.05) is 18.4 Å². The van der Waals surface area contributed by atoms with Gasteiger partial charge in [-0.3, -0.25) is 14.9 Å². The van der Waals surface area contributed by atoms with Crippen LogP contribution in [0.5, 0.6) is 0 Å². The molecule has 2 N–H and O–H groups in total. The van der Waals surface area contributed by atoms with Crippen LogP contribution in [0.25, 0.3) is 0 Å². The van der Waals surface area contributed by atoms with Gasteiger partial charge in [-0.05, 0) is 25.5 Å². The molecular formula is C13H16ClN3O3. The lowest BCUT2D eigenvalue weighted by molar-refractivity contribution is -0.384. The summed E-state index contributed by atoms with van der Waals surface area (Å²) in [5, 5.41) is 16.8. The Bertz CT molecular complexity index is 542. The summed E-state index contributed by atoms with van der Waals surface area (Å²) in [5.74, 6) is -0.0965. The van der Waals surface area contributed by atoms with Gasteiger partial charge in [0.25, 0.3) is 5.69 Å². The van der Waals surface area contributed by atoms with E-state index in [0.717, 1.165) is 19.4 Å². The van der Waals surface area contributed by atoms with Crippen molar-refractivity contribution in [3.63, 3.8) is 0 Å². The third kappa shape index (κ3) is 2.76. The predicted molar refractivity (Wildman–Crippen MR) is 76.9 cm³/mol. The highest BCUT2D eigenvalue weighted by atomic mass is 35.5. The predicted octanol–water partition coefficient (Wildman–Crippen LogP) is 2.58. The average molecular weight is 298 g/mol. The van der Waals surface area contributed by atoms with E-state index in [1.165, 1.54) is 18.2 Å². The van der Waals surface area contributed by atoms with Gasteiger partial charge in [-0.1, -0.05) is 18.5 Å². The van der Waals surface area contributed by atoms with Crippen molar-refractivity contribution in [3.8, 4) is 0 Å². The van der Waals surface area contributed by atoms with Crippen molar-refractivity contribution in [1.29, 1.82) is 0 Å². The van der Waals surface area contributed by atoms with Crippen LogP contribution in [0, 0.1) is 15.5 Å². The van der Waals surface area contributed by atoms with Crippen molar-refractivity contribution in [2.45, 2.75) is 19.8 Å². The molecule has 1 aliphatic rings. The number of rotatable bonds is 4. The summed E-state index contributed by atoms with van der Waals surface area (Å²) in [4.78, 5) is 22.5. The molecule has 1 aromatic rings. The van der Waals surface area contributed by atoms with Crippen LogP contribution in [0.2, 0.25) is 5.02 Å². The molecule has 1 aliphatic heterocycles. The quantitative estimate of drug-likeness (QED) is 0.661. The number of nitro benzene ring substituents is 1. The Morgan fingerprint density at radius 3 is 2.85 bits per heavy atom. The van der Waals surface area contributed by atoms with Crippen LogP contribution >= 0.6 is 11.6 Å². The third-order valence-electron chi connectivity index (χ3n) is 3.81. The number of non-ortho nitro benzene ring substituents is 1. The number of hydrogen-bond donors (Lipinski definition) is 2. The molecule has 20 heavy (non-hydrogen) atoms. The third-order valence-corrected chi connectivity index (χ3v) is 4.13. The van der Waals surface area contributed by atoms with Crippen molar-refractivity contribution in [2.24, 2.45) is 5.41 Å². The fraction of sp³-hybridized carbons (Fsp3) is 0.462. The Labute approximate surface area is 121 Å². The Balaban J connectivity index is 2.17. The van der Waals surface area contributed by atoms with Crippen molar-refractivity contribution < 1.29 is 9.72 Å². The van der Waals surface area contributed by atoms with E-state index in [-0.39, 0.29) is 16.6 Å². The number of amides is 1. The van der Waals surface area contributed by atoms with Crippen LogP contribution in [-0.4, -0.2) is 23.9 Å². The molecular weight excluding hydrogens is 282 g/mol. The van der Waals surface area contributed by atoms with E-state index in [1.54, 1.807) is 0 Å². The lowest BCUT2D eigenvalue weighted by Gasteiger charge is -2.25. The molecule has 0 saturated carbocycles. The molecule has 1 unspecified atom stereocenters. The first-order valence-electron chi connectivity index (χ1n) is 6.44. The largest absolute Gasteiger partial charge is 0.324 e. The molecule has 1 amide bonds. The van der Waals surface area contributed by atoms with Crippen LogP contribution in [0.4, 0.5) is 11.4 Å². The highest BCUT2D eigenvalue weighted by Gasteiger charge is 2.39. The zero-order chi connectivity index (χ0) is 14.8. The number of nitro groups is 1. The van der Waals surface area contributed by atoms with E-state index in [2.05, 4.69) is 10.6 Å². The molecule has 1 atom stereocenters. The Hall–Kier alpha value is -1.66. The average Bonchev–Trinajstić information content (AvgIpc) is 2.90. The van der Waals surface area contributed by atoms with E-state index in [4.69, 9.17) is 11.6 Å². The van der Waals surface area contributed by atoms with Crippen molar-refractivity contribution >= 4 is 28.9 Å². The highest BCUT2D eigenvalue weighted by molar-refractivity contribution is 6.34. The minimum absolute atomic E-state index is 0.0965. The summed E-state index contributed by atoms with van der Waals surface area (Å²) in [6, 6.07) is 4.03. The summed E-state index contributed by atoms with van der Waals surface area (Å²) in [6.07, 6.45) is 1.51. The molecule has 1 aromatic carbocycles. The summed E-state index contributed by atoms with van der Waals surface area (Å²) < 4.78 is 0. The number of nitrogens with zero attached hydrogens (tertiary/aromatic N) is 1. The number of hydrogen-bond acceptors (Lipinski definition) is 4. The molecule has 0 aliphatic carbocycles. The van der Waals surface area contributed by atoms with Gasteiger partial charge >= 0.3 is 0 Å². The maximum atomic E-state index is 12.4. The van der Waals surface area contributed by atoms with Crippen LogP contribution < -0.4 is 10.6 Å². The van der Waals surface area contributed by atoms with Crippen molar-refractivity contribution in [3.05, 3.63) is 33.3 Å². The second kappa shape index (κ2) is 5.76. The van der Waals surface area contributed by atoms with Gasteiger partial charge in [0.05, 0.1) is 21.0 Å². The van der Waals surface area contributed by atoms with E-state index in [0.29, 0.717) is 12.2 Å². The smallest absolute Gasteiger partial charge is 0.271 e. The monoisotopic (exact) mass is 297 g/mol. The Kier molecular flexibility index (Phi) is 4.25. The van der Waals surface area contributed by atoms with Crippen LogP contribution in [0.3, 0.4) is 0 Å². The van der Waals surface area contributed by atoms with E-state index >= 15 is 0 Å². The minimum Gasteiger partial charge on any atom is -0.324 e. The number of nitrogens with one attached hydrogen (secondary N) is 2. The first-order valence-corrected chi connectivity index (χ1v) is 6.82. The lowest BCUT2D eigenvalue weighted by atomic mass is 9.83. The first kappa shape index (κ1) is 14.7. The van der Waals surface area contributed by atoms with Crippen LogP contribution in [0.1, 0.15) is 19.8 Å². The molecule has 1 fully saturated rings. The van der Waals surface area contributed by atoms with Gasteiger partial charge in [-0.25, -0.2) is 0 Å². The summed E-state index contributed by atoms with van der Waals surface area (Å²) in [5.41, 5.74) is -0.117. The molecule has 2 rings (SSSR count). The molecule has 1 saturated heterocycles. The molecule has 0 aromatic heterocycles. The zero-order valence-electron chi connectivity index (χ0n) is 11.1. The maximum Gasteiger partial charge on any atom is 0.271 e. The normalized spacial score (nSPS) is 21.7. The molecule has 0 radical (unpaired) electrons. The zero-order valence-corrected chi connectivity index (χ0v) is 11.9. The van der Waals surface area contributed by atoms with E-state index in [9.17, 15) is 14.9 Å². The van der Waals surface area contributed by atoms with Gasteiger partial charge in [0, 0.05) is 18.7 Å². The molecule has 7 heteroatoms. The fourth-order valence-electron chi connectivity index (χ4n) is 2.37. The second-order valence-electron chi connectivity index (χ2n) is 4.94. The number of halogens is 1. The van der Waals surface area contributed by atoms with Gasteiger partial charge in [-0.2, -0.15) is 0 Å². The summed E-state index contributed by atoms with van der Waals surface area (Å²) >= 11 is 5.98. The van der Waals surface area contributed by atoms with E-state index in [1.807, 2.05) is 6.92 Å². The van der Waals surface area contributed by atoms with Crippen molar-refractivity contribution in [1.82, 2.24) is 5.32 Å². The van der Waals surface area contributed by atoms with Gasteiger partial charge < -0.3 is 10.6 Å². The Morgan fingerprint density at radius 2 is 2.35 bits per heavy atom. The summed E-state index contributed by atoms with van der Waals surface area (Å²) in [7, 11) is 0. The number of carbonyl (C=O) groups excluding carboxylic acids is 1. The fourth-order valence-corrected chi connectivity index (χ4v) is 2.60. The SMILES string of the molecule is CCC1(C(=O)Nc2ccc([N+](=O)[O-])cc2Cl)CCNC1. The molecule has 6 nitrogen and oxygen atoms in total. The van der Waals surface area contributed by atoms with Gasteiger partial charge in [0.2, 0.25) is 5.91 Å².